The number of carbonyl (C=O) groups excluding carboxylic acids is 1. The molecule has 0 saturated heterocycles. The number of nitrogens with zero attached hydrogens (tertiary/aromatic N) is 2. The van der Waals surface area contributed by atoms with Gasteiger partial charge < -0.3 is 10.8 Å². The predicted octanol–water partition coefficient (Wildman–Crippen LogP) is 0.0708. The Kier molecular flexibility index (Phi) is 1.63. The zero-order chi connectivity index (χ0) is 10.3. The zero-order valence-corrected chi connectivity index (χ0v) is 7.40. The highest BCUT2D eigenvalue weighted by molar-refractivity contribution is 6.03. The van der Waals surface area contributed by atoms with Gasteiger partial charge in [0, 0.05) is 11.5 Å². The minimum Gasteiger partial charge on any atom is -0.493 e. The van der Waals surface area contributed by atoms with E-state index in [4.69, 9.17) is 5.73 Å². The molecule has 2 heterocycles. The molecule has 0 aliphatic heterocycles. The molecule has 1 amide bonds. The summed E-state index contributed by atoms with van der Waals surface area (Å²) in [4.78, 5) is 14.6. The number of H-pyrrole nitrogens is 1. The first-order valence-electron chi connectivity index (χ1n) is 3.94. The van der Waals surface area contributed by atoms with Crippen molar-refractivity contribution in [3.05, 3.63) is 17.5 Å². The van der Waals surface area contributed by atoms with E-state index in [9.17, 15) is 9.90 Å². The topological polar surface area (TPSA) is 105 Å². The smallest absolute Gasteiger partial charge is 0.269 e. The minimum atomic E-state index is -0.699. The van der Waals surface area contributed by atoms with Gasteiger partial charge in [-0.2, -0.15) is 5.10 Å². The van der Waals surface area contributed by atoms with Gasteiger partial charge >= 0.3 is 0 Å². The van der Waals surface area contributed by atoms with Crippen molar-refractivity contribution in [1.29, 1.82) is 0 Å². The van der Waals surface area contributed by atoms with Crippen LogP contribution in [0.15, 0.2) is 6.07 Å². The first-order valence-corrected chi connectivity index (χ1v) is 3.94. The van der Waals surface area contributed by atoms with Crippen LogP contribution in [0.5, 0.6) is 5.88 Å². The molecular weight excluding hydrogens is 184 g/mol. The van der Waals surface area contributed by atoms with Gasteiger partial charge in [0.25, 0.3) is 5.91 Å². The number of rotatable bonds is 1. The van der Waals surface area contributed by atoms with Crippen LogP contribution >= 0.6 is 0 Å². The number of hydrogen-bond acceptors (Lipinski definition) is 4. The number of carbonyl (C=O) groups is 1. The number of nitrogens with two attached hydrogens (primary N) is 1. The van der Waals surface area contributed by atoms with Crippen LogP contribution in [0.2, 0.25) is 0 Å². The van der Waals surface area contributed by atoms with Crippen molar-refractivity contribution in [1.82, 2.24) is 15.2 Å². The Morgan fingerprint density at radius 3 is 3.00 bits per heavy atom. The maximum absolute atomic E-state index is 11.0. The number of aromatic hydroxyl groups is 1. The molecule has 2 aromatic heterocycles. The third kappa shape index (κ3) is 1.08. The third-order valence-corrected chi connectivity index (χ3v) is 1.96. The van der Waals surface area contributed by atoms with Crippen molar-refractivity contribution in [2.24, 2.45) is 5.73 Å². The fourth-order valence-electron chi connectivity index (χ4n) is 1.31. The Labute approximate surface area is 78.8 Å². The van der Waals surface area contributed by atoms with Crippen LogP contribution in [0.3, 0.4) is 0 Å². The molecule has 6 heteroatoms. The van der Waals surface area contributed by atoms with E-state index >= 15 is 0 Å². The highest BCUT2D eigenvalue weighted by atomic mass is 16.3. The molecular formula is C8H8N4O2. The lowest BCUT2D eigenvalue weighted by atomic mass is 10.2. The van der Waals surface area contributed by atoms with Gasteiger partial charge in [-0.3, -0.25) is 9.89 Å². The van der Waals surface area contributed by atoms with Crippen molar-refractivity contribution in [2.45, 2.75) is 6.92 Å². The van der Waals surface area contributed by atoms with Gasteiger partial charge in [-0.1, -0.05) is 0 Å². The first kappa shape index (κ1) is 8.49. The summed E-state index contributed by atoms with van der Waals surface area (Å²) in [5, 5.41) is 16.4. The van der Waals surface area contributed by atoms with E-state index in [1.165, 1.54) is 6.07 Å². The lowest BCUT2D eigenvalue weighted by Gasteiger charge is -1.98. The van der Waals surface area contributed by atoms with E-state index in [2.05, 4.69) is 15.2 Å². The summed E-state index contributed by atoms with van der Waals surface area (Å²) in [7, 11) is 0. The van der Waals surface area contributed by atoms with Gasteiger partial charge in [-0.25, -0.2) is 4.98 Å². The molecule has 2 rings (SSSR count). The molecule has 72 valence electrons. The van der Waals surface area contributed by atoms with E-state index < -0.39 is 5.91 Å². The molecule has 0 aliphatic carbocycles. The molecule has 0 bridgehead atoms. The fourth-order valence-corrected chi connectivity index (χ4v) is 1.31. The molecule has 0 unspecified atom stereocenters. The molecule has 6 nitrogen and oxygen atoms in total. The number of nitrogens with one attached hydrogen (secondary N) is 1. The lowest BCUT2D eigenvalue weighted by Crippen LogP contribution is -2.13. The Balaban J connectivity index is 2.88. The van der Waals surface area contributed by atoms with Crippen LogP contribution in [0.25, 0.3) is 10.9 Å². The van der Waals surface area contributed by atoms with E-state index in [1.54, 1.807) is 6.92 Å². The quantitative estimate of drug-likeness (QED) is 0.594. The van der Waals surface area contributed by atoms with E-state index in [-0.39, 0.29) is 11.6 Å². The molecule has 4 N–H and O–H groups in total. The number of pyridine rings is 1. The standard InChI is InChI=1S/C8H8N4O2/c1-3-4-2-5(13)10-7(8(9)14)6(4)12-11-3/h2H,1H3,(H2,9,14)(H,10,13)(H,11,12). The van der Waals surface area contributed by atoms with Crippen LogP contribution < -0.4 is 5.73 Å². The summed E-state index contributed by atoms with van der Waals surface area (Å²) in [6.07, 6.45) is 0. The molecule has 14 heavy (non-hydrogen) atoms. The van der Waals surface area contributed by atoms with E-state index in [1.807, 2.05) is 0 Å². The number of hydrogen-bond donors (Lipinski definition) is 3. The number of aromatic amines is 1. The molecule has 0 atom stereocenters. The van der Waals surface area contributed by atoms with Gasteiger partial charge in [-0.15, -0.1) is 0 Å². The first-order chi connectivity index (χ1) is 6.59. The Morgan fingerprint density at radius 2 is 2.36 bits per heavy atom. The monoisotopic (exact) mass is 192 g/mol. The summed E-state index contributed by atoms with van der Waals surface area (Å²) >= 11 is 0. The normalized spacial score (nSPS) is 10.6. The maximum atomic E-state index is 11.0. The summed E-state index contributed by atoms with van der Waals surface area (Å²) in [6, 6.07) is 1.43. The van der Waals surface area contributed by atoms with Gasteiger partial charge in [0.15, 0.2) is 5.69 Å². The number of aryl methyl sites for hydroxylation is 1. The summed E-state index contributed by atoms with van der Waals surface area (Å²) in [5.41, 5.74) is 6.23. The van der Waals surface area contributed by atoms with Crippen LogP contribution in [-0.2, 0) is 0 Å². The number of fused-ring (bicyclic) bond motifs is 1. The lowest BCUT2D eigenvalue weighted by molar-refractivity contribution is 0.0996. The summed E-state index contributed by atoms with van der Waals surface area (Å²) < 4.78 is 0. The minimum absolute atomic E-state index is 0.000556. The average molecular weight is 192 g/mol. The molecule has 0 radical (unpaired) electrons. The molecule has 0 spiro atoms. The maximum Gasteiger partial charge on any atom is 0.269 e. The third-order valence-electron chi connectivity index (χ3n) is 1.96. The van der Waals surface area contributed by atoms with Crippen molar-refractivity contribution >= 4 is 16.8 Å². The number of primary amides is 1. The second-order valence-corrected chi connectivity index (χ2v) is 2.92. The Bertz CT molecular complexity index is 517. The summed E-state index contributed by atoms with van der Waals surface area (Å²) in [6.45, 7) is 1.75. The van der Waals surface area contributed by atoms with Crippen LogP contribution in [0.1, 0.15) is 16.2 Å². The van der Waals surface area contributed by atoms with Crippen LogP contribution in [0, 0.1) is 6.92 Å². The van der Waals surface area contributed by atoms with Gasteiger partial charge in [0.1, 0.15) is 0 Å². The second kappa shape index (κ2) is 2.69. The van der Waals surface area contributed by atoms with E-state index in [0.29, 0.717) is 16.6 Å². The van der Waals surface area contributed by atoms with Crippen molar-refractivity contribution in [3.8, 4) is 5.88 Å². The van der Waals surface area contributed by atoms with Crippen molar-refractivity contribution in [3.63, 3.8) is 0 Å². The largest absolute Gasteiger partial charge is 0.493 e. The highest BCUT2D eigenvalue weighted by Gasteiger charge is 2.13. The van der Waals surface area contributed by atoms with Gasteiger partial charge in [-0.05, 0) is 6.92 Å². The Morgan fingerprint density at radius 1 is 1.64 bits per heavy atom. The number of aromatic nitrogens is 3. The highest BCUT2D eigenvalue weighted by Crippen LogP contribution is 2.21. The number of amides is 1. The predicted molar refractivity (Wildman–Crippen MR) is 48.8 cm³/mol. The molecule has 0 aliphatic rings. The van der Waals surface area contributed by atoms with Gasteiger partial charge in [0.2, 0.25) is 5.88 Å². The van der Waals surface area contributed by atoms with Gasteiger partial charge in [0.05, 0.1) is 11.2 Å². The van der Waals surface area contributed by atoms with E-state index in [0.717, 1.165) is 0 Å². The SMILES string of the molecule is Cc1n[nH]c2c(C(N)=O)nc(O)cc12. The molecule has 0 fully saturated rings. The molecule has 0 aromatic carbocycles. The Hall–Kier alpha value is -2.11. The average Bonchev–Trinajstić information content (AvgIpc) is 2.47. The van der Waals surface area contributed by atoms with Crippen LogP contribution in [-0.4, -0.2) is 26.2 Å². The molecule has 0 saturated carbocycles. The fraction of sp³-hybridized carbons (Fsp3) is 0.125. The molecule has 2 aromatic rings. The van der Waals surface area contributed by atoms with Crippen molar-refractivity contribution in [2.75, 3.05) is 0 Å². The summed E-state index contributed by atoms with van der Waals surface area (Å²) in [5.74, 6) is -0.939. The van der Waals surface area contributed by atoms with Crippen LogP contribution in [0.4, 0.5) is 0 Å². The zero-order valence-electron chi connectivity index (χ0n) is 7.40. The second-order valence-electron chi connectivity index (χ2n) is 2.92. The van der Waals surface area contributed by atoms with Crippen molar-refractivity contribution < 1.29 is 9.90 Å².